The summed E-state index contributed by atoms with van der Waals surface area (Å²) in [7, 11) is 0. The van der Waals surface area contributed by atoms with Crippen molar-refractivity contribution in [3.63, 3.8) is 0 Å². The molecule has 2 N–H and O–H groups in total. The molecule has 0 radical (unpaired) electrons. The first-order valence-corrected chi connectivity index (χ1v) is 8.86. The summed E-state index contributed by atoms with van der Waals surface area (Å²) < 4.78 is 0. The molecular weight excluding hydrogens is 244 g/mol. The van der Waals surface area contributed by atoms with Gasteiger partial charge in [-0.25, -0.2) is 0 Å². The zero-order chi connectivity index (χ0) is 14.8. The molecule has 0 spiro atoms. The van der Waals surface area contributed by atoms with E-state index in [0.717, 1.165) is 18.4 Å². The summed E-state index contributed by atoms with van der Waals surface area (Å²) in [4.78, 5) is 2.77. The van der Waals surface area contributed by atoms with Crippen LogP contribution in [0.4, 0.5) is 0 Å². The first-order chi connectivity index (χ1) is 9.41. The predicted octanol–water partition coefficient (Wildman–Crippen LogP) is 4.04. The summed E-state index contributed by atoms with van der Waals surface area (Å²) in [6.45, 7) is 13.0. The van der Waals surface area contributed by atoms with Crippen LogP contribution in [0.25, 0.3) is 0 Å². The van der Waals surface area contributed by atoms with Crippen molar-refractivity contribution in [1.29, 1.82) is 0 Å². The van der Waals surface area contributed by atoms with Crippen LogP contribution in [-0.4, -0.2) is 30.1 Å². The van der Waals surface area contributed by atoms with Gasteiger partial charge in [0.25, 0.3) is 0 Å². The van der Waals surface area contributed by atoms with Gasteiger partial charge in [0.05, 0.1) is 0 Å². The number of hydrogen-bond acceptors (Lipinski definition) is 2. The zero-order valence-electron chi connectivity index (χ0n) is 14.3. The van der Waals surface area contributed by atoms with Gasteiger partial charge < -0.3 is 5.73 Å². The molecule has 0 bridgehead atoms. The lowest BCUT2D eigenvalue weighted by atomic mass is 9.67. The Morgan fingerprint density at radius 2 is 1.80 bits per heavy atom. The van der Waals surface area contributed by atoms with Gasteiger partial charge in [0, 0.05) is 18.6 Å². The van der Waals surface area contributed by atoms with E-state index in [4.69, 9.17) is 5.73 Å². The highest BCUT2D eigenvalue weighted by atomic mass is 15.2. The van der Waals surface area contributed by atoms with Crippen LogP contribution in [0.3, 0.4) is 0 Å². The highest BCUT2D eigenvalue weighted by molar-refractivity contribution is 4.99. The Morgan fingerprint density at radius 1 is 1.15 bits per heavy atom. The van der Waals surface area contributed by atoms with E-state index >= 15 is 0 Å². The molecule has 2 aliphatic rings. The molecule has 2 fully saturated rings. The molecule has 0 amide bonds. The zero-order valence-corrected chi connectivity index (χ0v) is 14.3. The maximum Gasteiger partial charge on any atom is 0.0332 e. The molecule has 0 aromatic rings. The molecule has 1 saturated carbocycles. The molecule has 0 aromatic heterocycles. The first kappa shape index (κ1) is 16.3. The molecule has 20 heavy (non-hydrogen) atoms. The number of nitrogens with two attached hydrogens (primary N) is 1. The Kier molecular flexibility index (Phi) is 5.18. The Bertz CT molecular complexity index is 297. The lowest BCUT2D eigenvalue weighted by molar-refractivity contribution is 0.0341. The van der Waals surface area contributed by atoms with Gasteiger partial charge in [-0.15, -0.1) is 0 Å². The van der Waals surface area contributed by atoms with E-state index < -0.39 is 0 Å². The molecule has 2 nitrogen and oxygen atoms in total. The Labute approximate surface area is 126 Å². The van der Waals surface area contributed by atoms with Gasteiger partial charge in [0.1, 0.15) is 0 Å². The number of hydrogen-bond donors (Lipinski definition) is 1. The van der Waals surface area contributed by atoms with Crippen LogP contribution in [0, 0.1) is 17.3 Å². The third-order valence-corrected chi connectivity index (χ3v) is 6.17. The van der Waals surface area contributed by atoms with E-state index in [0.29, 0.717) is 11.0 Å². The van der Waals surface area contributed by atoms with Crippen molar-refractivity contribution < 1.29 is 0 Å². The Morgan fingerprint density at radius 3 is 2.30 bits per heavy atom. The van der Waals surface area contributed by atoms with Crippen LogP contribution in [0.5, 0.6) is 0 Å². The molecule has 1 atom stereocenters. The van der Waals surface area contributed by atoms with Gasteiger partial charge in [0.2, 0.25) is 0 Å². The maximum atomic E-state index is 6.25. The van der Waals surface area contributed by atoms with Crippen LogP contribution >= 0.6 is 0 Å². The monoisotopic (exact) mass is 280 g/mol. The molecule has 1 aliphatic carbocycles. The molecule has 2 rings (SSSR count). The van der Waals surface area contributed by atoms with Crippen molar-refractivity contribution in [2.24, 2.45) is 23.0 Å². The molecule has 1 unspecified atom stereocenters. The summed E-state index contributed by atoms with van der Waals surface area (Å²) in [5, 5.41) is 0. The van der Waals surface area contributed by atoms with Gasteiger partial charge in [-0.3, -0.25) is 4.90 Å². The lowest BCUT2D eigenvalue weighted by Crippen LogP contribution is -2.55. The standard InChI is InChI=1S/C18H36N2/c1-5-6-15-9-12-20(13-15)18(14-19)10-7-16(8-11-18)17(2,3)4/h15-16H,5-14,19H2,1-4H3. The largest absolute Gasteiger partial charge is 0.329 e. The minimum Gasteiger partial charge on any atom is -0.329 e. The topological polar surface area (TPSA) is 29.3 Å². The molecule has 1 saturated heterocycles. The summed E-state index contributed by atoms with van der Waals surface area (Å²) in [6, 6.07) is 0. The van der Waals surface area contributed by atoms with E-state index in [-0.39, 0.29) is 0 Å². The van der Waals surface area contributed by atoms with Gasteiger partial charge >= 0.3 is 0 Å². The highest BCUT2D eigenvalue weighted by Crippen LogP contribution is 2.44. The summed E-state index contributed by atoms with van der Waals surface area (Å²) in [5.74, 6) is 1.82. The number of nitrogens with zero attached hydrogens (tertiary/aromatic N) is 1. The second kappa shape index (κ2) is 6.36. The maximum absolute atomic E-state index is 6.25. The molecule has 1 aliphatic heterocycles. The molecule has 1 heterocycles. The fraction of sp³-hybridized carbons (Fsp3) is 1.00. The van der Waals surface area contributed by atoms with E-state index in [1.807, 2.05) is 0 Å². The molecule has 118 valence electrons. The fourth-order valence-corrected chi connectivity index (χ4v) is 4.58. The SMILES string of the molecule is CCCC1CCN(C2(CN)CCC(C(C)(C)C)CC2)C1. The van der Waals surface area contributed by atoms with Gasteiger partial charge in [0.15, 0.2) is 0 Å². The number of rotatable bonds is 4. The third-order valence-electron chi connectivity index (χ3n) is 6.17. The van der Waals surface area contributed by atoms with Crippen molar-refractivity contribution >= 4 is 0 Å². The second-order valence-electron chi connectivity index (χ2n) is 8.46. The van der Waals surface area contributed by atoms with Crippen LogP contribution < -0.4 is 5.73 Å². The van der Waals surface area contributed by atoms with Crippen molar-refractivity contribution in [2.75, 3.05) is 19.6 Å². The Balaban J connectivity index is 1.95. The van der Waals surface area contributed by atoms with Crippen molar-refractivity contribution in [3.8, 4) is 0 Å². The van der Waals surface area contributed by atoms with Gasteiger partial charge in [-0.1, -0.05) is 34.1 Å². The van der Waals surface area contributed by atoms with Crippen molar-refractivity contribution in [2.45, 2.75) is 78.2 Å². The van der Waals surface area contributed by atoms with E-state index in [1.54, 1.807) is 0 Å². The van der Waals surface area contributed by atoms with Crippen LogP contribution in [-0.2, 0) is 0 Å². The summed E-state index contributed by atoms with van der Waals surface area (Å²) in [6.07, 6.45) is 9.53. The molecule has 0 aromatic carbocycles. The fourth-order valence-electron chi connectivity index (χ4n) is 4.58. The Hall–Kier alpha value is -0.0800. The van der Waals surface area contributed by atoms with Crippen LogP contribution in [0.1, 0.15) is 72.6 Å². The van der Waals surface area contributed by atoms with Crippen molar-refractivity contribution in [3.05, 3.63) is 0 Å². The highest BCUT2D eigenvalue weighted by Gasteiger charge is 2.43. The first-order valence-electron chi connectivity index (χ1n) is 8.86. The van der Waals surface area contributed by atoms with Crippen LogP contribution in [0.2, 0.25) is 0 Å². The summed E-state index contributed by atoms with van der Waals surface area (Å²) >= 11 is 0. The van der Waals surface area contributed by atoms with Gasteiger partial charge in [-0.05, 0) is 62.3 Å². The second-order valence-corrected chi connectivity index (χ2v) is 8.46. The normalized spacial score (nSPS) is 36.5. The quantitative estimate of drug-likeness (QED) is 0.842. The number of likely N-dealkylation sites (tertiary alicyclic amines) is 1. The minimum atomic E-state index is 0.338. The smallest absolute Gasteiger partial charge is 0.0332 e. The lowest BCUT2D eigenvalue weighted by Gasteiger charge is -2.48. The van der Waals surface area contributed by atoms with E-state index in [1.165, 1.54) is 58.0 Å². The van der Waals surface area contributed by atoms with Crippen molar-refractivity contribution in [1.82, 2.24) is 4.90 Å². The van der Waals surface area contributed by atoms with Crippen LogP contribution in [0.15, 0.2) is 0 Å². The van der Waals surface area contributed by atoms with Gasteiger partial charge in [-0.2, -0.15) is 0 Å². The average molecular weight is 280 g/mol. The third kappa shape index (κ3) is 3.39. The minimum absolute atomic E-state index is 0.338. The summed E-state index contributed by atoms with van der Waals surface area (Å²) in [5.41, 5.74) is 7.06. The molecular formula is C18H36N2. The van der Waals surface area contributed by atoms with E-state index in [2.05, 4.69) is 32.6 Å². The predicted molar refractivity (Wildman–Crippen MR) is 87.8 cm³/mol. The molecule has 2 heteroatoms. The van der Waals surface area contributed by atoms with E-state index in [9.17, 15) is 0 Å². The average Bonchev–Trinajstić information content (AvgIpc) is 2.87.